The van der Waals surface area contributed by atoms with E-state index < -0.39 is 0 Å². The molecular formula is C11H15BrO2. The first kappa shape index (κ1) is 11.5. The second kappa shape index (κ2) is 5.37. The van der Waals surface area contributed by atoms with Crippen molar-refractivity contribution in [3.05, 3.63) is 27.7 Å². The number of ether oxygens (including phenoxy) is 1. The van der Waals surface area contributed by atoms with Crippen LogP contribution in [0.1, 0.15) is 17.5 Å². The molecule has 0 saturated heterocycles. The summed E-state index contributed by atoms with van der Waals surface area (Å²) in [5.41, 5.74) is 2.30. The minimum atomic E-state index is 0.230. The van der Waals surface area contributed by atoms with Gasteiger partial charge in [-0.2, -0.15) is 0 Å². The quantitative estimate of drug-likeness (QED) is 0.900. The lowest BCUT2D eigenvalue weighted by Gasteiger charge is -2.09. The molecule has 1 aromatic carbocycles. The van der Waals surface area contributed by atoms with Crippen molar-refractivity contribution in [2.45, 2.75) is 19.8 Å². The van der Waals surface area contributed by atoms with Crippen molar-refractivity contribution in [3.63, 3.8) is 0 Å². The van der Waals surface area contributed by atoms with E-state index in [1.807, 2.05) is 13.0 Å². The van der Waals surface area contributed by atoms with Crippen LogP contribution in [0.5, 0.6) is 5.75 Å². The number of hydrogen-bond acceptors (Lipinski definition) is 2. The van der Waals surface area contributed by atoms with Crippen LogP contribution < -0.4 is 4.74 Å². The van der Waals surface area contributed by atoms with Crippen LogP contribution in [0.4, 0.5) is 0 Å². The summed E-state index contributed by atoms with van der Waals surface area (Å²) in [5, 5.41) is 8.73. The number of rotatable bonds is 4. The van der Waals surface area contributed by atoms with Crippen molar-refractivity contribution in [2.24, 2.45) is 0 Å². The van der Waals surface area contributed by atoms with Crippen LogP contribution in [0, 0.1) is 6.92 Å². The maximum absolute atomic E-state index is 8.73. The van der Waals surface area contributed by atoms with Gasteiger partial charge in [-0.25, -0.2) is 0 Å². The van der Waals surface area contributed by atoms with Crippen molar-refractivity contribution in [2.75, 3.05) is 13.7 Å². The molecule has 1 rings (SSSR count). The molecule has 0 aliphatic rings. The number of methoxy groups -OCH3 is 1. The average Bonchev–Trinajstić information content (AvgIpc) is 2.19. The van der Waals surface area contributed by atoms with E-state index in [9.17, 15) is 0 Å². The molecule has 0 bridgehead atoms. The number of benzene rings is 1. The van der Waals surface area contributed by atoms with Crippen LogP contribution >= 0.6 is 15.9 Å². The van der Waals surface area contributed by atoms with Gasteiger partial charge < -0.3 is 9.84 Å². The van der Waals surface area contributed by atoms with E-state index >= 15 is 0 Å². The third kappa shape index (κ3) is 2.72. The summed E-state index contributed by atoms with van der Waals surface area (Å²) in [4.78, 5) is 0. The van der Waals surface area contributed by atoms with Crippen LogP contribution in [-0.4, -0.2) is 18.8 Å². The van der Waals surface area contributed by atoms with E-state index in [4.69, 9.17) is 9.84 Å². The Morgan fingerprint density at radius 3 is 2.71 bits per heavy atom. The van der Waals surface area contributed by atoms with Gasteiger partial charge in [0.25, 0.3) is 0 Å². The van der Waals surface area contributed by atoms with Crippen molar-refractivity contribution in [3.8, 4) is 5.75 Å². The SMILES string of the molecule is COc1cc(CCCO)cc(Br)c1C. The van der Waals surface area contributed by atoms with E-state index in [1.165, 1.54) is 5.56 Å². The molecule has 0 spiro atoms. The van der Waals surface area contributed by atoms with Crippen molar-refractivity contribution < 1.29 is 9.84 Å². The normalized spacial score (nSPS) is 10.3. The zero-order valence-electron chi connectivity index (χ0n) is 8.51. The first-order valence-electron chi connectivity index (χ1n) is 4.63. The number of hydrogen-bond donors (Lipinski definition) is 1. The topological polar surface area (TPSA) is 29.5 Å². The Kier molecular flexibility index (Phi) is 4.42. The van der Waals surface area contributed by atoms with Gasteiger partial charge in [0.1, 0.15) is 5.75 Å². The number of halogens is 1. The lowest BCUT2D eigenvalue weighted by Crippen LogP contribution is -1.94. The molecule has 1 aromatic rings. The van der Waals surface area contributed by atoms with Crippen LogP contribution in [0.15, 0.2) is 16.6 Å². The Balaban J connectivity index is 2.91. The summed E-state index contributed by atoms with van der Waals surface area (Å²) in [6.45, 7) is 2.24. The molecule has 2 nitrogen and oxygen atoms in total. The zero-order valence-corrected chi connectivity index (χ0v) is 10.1. The minimum absolute atomic E-state index is 0.230. The smallest absolute Gasteiger partial charge is 0.123 e. The molecule has 1 N–H and O–H groups in total. The summed E-state index contributed by atoms with van der Waals surface area (Å²) in [6, 6.07) is 4.10. The molecule has 0 amide bonds. The van der Waals surface area contributed by atoms with Crippen molar-refractivity contribution in [1.82, 2.24) is 0 Å². The van der Waals surface area contributed by atoms with Gasteiger partial charge >= 0.3 is 0 Å². The van der Waals surface area contributed by atoms with Gasteiger partial charge in [-0.05, 0) is 37.5 Å². The van der Waals surface area contributed by atoms with Crippen LogP contribution in [0.3, 0.4) is 0 Å². The van der Waals surface area contributed by atoms with E-state index in [0.717, 1.165) is 28.6 Å². The minimum Gasteiger partial charge on any atom is -0.496 e. The van der Waals surface area contributed by atoms with Gasteiger partial charge in [-0.1, -0.05) is 15.9 Å². The summed E-state index contributed by atoms with van der Waals surface area (Å²) >= 11 is 3.49. The first-order valence-corrected chi connectivity index (χ1v) is 5.42. The molecule has 0 saturated carbocycles. The van der Waals surface area contributed by atoms with E-state index in [2.05, 4.69) is 22.0 Å². The number of aryl methyl sites for hydroxylation is 1. The highest BCUT2D eigenvalue weighted by Crippen LogP contribution is 2.28. The number of aliphatic hydroxyl groups is 1. The Morgan fingerprint density at radius 1 is 1.43 bits per heavy atom. The molecule has 0 radical (unpaired) electrons. The largest absolute Gasteiger partial charge is 0.496 e. The highest BCUT2D eigenvalue weighted by atomic mass is 79.9. The van der Waals surface area contributed by atoms with E-state index in [0.29, 0.717) is 0 Å². The van der Waals surface area contributed by atoms with Gasteiger partial charge in [0.05, 0.1) is 7.11 Å². The van der Waals surface area contributed by atoms with Crippen LogP contribution in [0.2, 0.25) is 0 Å². The van der Waals surface area contributed by atoms with Crippen molar-refractivity contribution >= 4 is 15.9 Å². The third-order valence-corrected chi connectivity index (χ3v) is 3.02. The Bertz CT molecular complexity index is 310. The molecule has 0 fully saturated rings. The van der Waals surface area contributed by atoms with E-state index in [1.54, 1.807) is 7.11 Å². The Labute approximate surface area is 93.0 Å². The first-order chi connectivity index (χ1) is 6.69. The molecular weight excluding hydrogens is 244 g/mol. The lowest BCUT2D eigenvalue weighted by atomic mass is 10.1. The van der Waals surface area contributed by atoms with E-state index in [-0.39, 0.29) is 6.61 Å². The highest BCUT2D eigenvalue weighted by molar-refractivity contribution is 9.10. The van der Waals surface area contributed by atoms with Gasteiger partial charge in [0.15, 0.2) is 0 Å². The summed E-state index contributed by atoms with van der Waals surface area (Å²) < 4.78 is 6.31. The van der Waals surface area contributed by atoms with Crippen LogP contribution in [-0.2, 0) is 6.42 Å². The summed E-state index contributed by atoms with van der Waals surface area (Å²) in [6.07, 6.45) is 1.67. The Hall–Kier alpha value is -0.540. The fourth-order valence-corrected chi connectivity index (χ4v) is 1.84. The monoisotopic (exact) mass is 258 g/mol. The molecule has 0 aliphatic heterocycles. The highest BCUT2D eigenvalue weighted by Gasteiger charge is 2.05. The second-order valence-electron chi connectivity index (χ2n) is 3.23. The van der Waals surface area contributed by atoms with Crippen molar-refractivity contribution in [1.29, 1.82) is 0 Å². The lowest BCUT2D eigenvalue weighted by molar-refractivity contribution is 0.288. The molecule has 0 aromatic heterocycles. The predicted octanol–water partition coefficient (Wildman–Crippen LogP) is 2.69. The third-order valence-electron chi connectivity index (χ3n) is 2.20. The molecule has 0 aliphatic carbocycles. The summed E-state index contributed by atoms with van der Waals surface area (Å²) in [5.74, 6) is 0.896. The maximum atomic E-state index is 8.73. The maximum Gasteiger partial charge on any atom is 0.123 e. The number of aliphatic hydroxyl groups excluding tert-OH is 1. The van der Waals surface area contributed by atoms with Gasteiger partial charge in [-0.3, -0.25) is 0 Å². The van der Waals surface area contributed by atoms with Gasteiger partial charge in [-0.15, -0.1) is 0 Å². The predicted molar refractivity (Wildman–Crippen MR) is 60.8 cm³/mol. The fourth-order valence-electron chi connectivity index (χ4n) is 1.35. The average molecular weight is 259 g/mol. The molecule has 3 heteroatoms. The second-order valence-corrected chi connectivity index (χ2v) is 4.09. The van der Waals surface area contributed by atoms with Gasteiger partial charge in [0.2, 0.25) is 0 Å². The molecule has 14 heavy (non-hydrogen) atoms. The standard InChI is InChI=1S/C11H15BrO2/c1-8-10(12)6-9(4-3-5-13)7-11(8)14-2/h6-7,13H,3-5H2,1-2H3. The zero-order chi connectivity index (χ0) is 10.6. The molecule has 0 heterocycles. The molecule has 0 unspecified atom stereocenters. The molecule has 78 valence electrons. The fraction of sp³-hybridized carbons (Fsp3) is 0.455. The molecule has 0 atom stereocenters. The van der Waals surface area contributed by atoms with Crippen LogP contribution in [0.25, 0.3) is 0 Å². The van der Waals surface area contributed by atoms with Gasteiger partial charge in [0, 0.05) is 16.6 Å². The summed E-state index contributed by atoms with van der Waals surface area (Å²) in [7, 11) is 1.67. The Morgan fingerprint density at radius 2 is 2.14 bits per heavy atom.